The van der Waals surface area contributed by atoms with Crippen LogP contribution in [0.4, 0.5) is 13.9 Å². The number of rotatable bonds is 4. The van der Waals surface area contributed by atoms with Gasteiger partial charge in [-0.3, -0.25) is 4.79 Å². The van der Waals surface area contributed by atoms with Crippen LogP contribution in [0.5, 0.6) is 0 Å². The first-order chi connectivity index (χ1) is 11.1. The second kappa shape index (κ2) is 6.57. The van der Waals surface area contributed by atoms with E-state index in [9.17, 15) is 13.6 Å². The van der Waals surface area contributed by atoms with E-state index in [1.165, 1.54) is 23.5 Å². The summed E-state index contributed by atoms with van der Waals surface area (Å²) in [5, 5.41) is 9.83. The van der Waals surface area contributed by atoms with Gasteiger partial charge in [0.05, 0.1) is 6.54 Å². The Morgan fingerprint density at radius 1 is 1.26 bits per heavy atom. The smallest absolute Gasteiger partial charge is 0.242 e. The highest BCUT2D eigenvalue weighted by molar-refractivity contribution is 7.15. The number of aromatic nitrogens is 2. The highest BCUT2D eigenvalue weighted by Gasteiger charge is 2.26. The molecule has 3 rings (SSSR count). The molecular weight excluding hydrogens is 322 g/mol. The van der Waals surface area contributed by atoms with E-state index < -0.39 is 11.6 Å². The van der Waals surface area contributed by atoms with Gasteiger partial charge in [-0.1, -0.05) is 24.3 Å². The predicted molar refractivity (Wildman–Crippen MR) is 83.3 cm³/mol. The van der Waals surface area contributed by atoms with Crippen molar-refractivity contribution in [2.45, 2.75) is 19.9 Å². The molecule has 2 heterocycles. The summed E-state index contributed by atoms with van der Waals surface area (Å²) in [6.07, 6.45) is 0.815. The summed E-state index contributed by atoms with van der Waals surface area (Å²) in [4.78, 5) is 15.7. The summed E-state index contributed by atoms with van der Waals surface area (Å²) in [5.41, 5.74) is 0.317. The van der Waals surface area contributed by atoms with Gasteiger partial charge < -0.3 is 9.80 Å². The van der Waals surface area contributed by atoms with Gasteiger partial charge in [0, 0.05) is 31.3 Å². The quantitative estimate of drug-likeness (QED) is 0.858. The summed E-state index contributed by atoms with van der Waals surface area (Å²) in [6.45, 7) is 3.44. The summed E-state index contributed by atoms with van der Waals surface area (Å²) >= 11 is 1.48. The van der Waals surface area contributed by atoms with E-state index in [2.05, 4.69) is 10.2 Å². The van der Waals surface area contributed by atoms with E-state index in [0.717, 1.165) is 22.6 Å². The van der Waals surface area contributed by atoms with Crippen LogP contribution in [-0.4, -0.2) is 40.6 Å². The van der Waals surface area contributed by atoms with Crippen LogP contribution in [-0.2, 0) is 17.8 Å². The Morgan fingerprint density at radius 3 is 2.74 bits per heavy atom. The largest absolute Gasteiger partial charge is 0.336 e. The molecule has 1 fully saturated rings. The van der Waals surface area contributed by atoms with E-state index in [1.54, 1.807) is 4.90 Å². The Morgan fingerprint density at radius 2 is 2.09 bits per heavy atom. The fraction of sp³-hybridized carbons (Fsp3) is 0.400. The molecule has 1 saturated heterocycles. The Balaban J connectivity index is 1.65. The molecule has 1 aliphatic heterocycles. The number of amides is 1. The van der Waals surface area contributed by atoms with E-state index in [-0.39, 0.29) is 19.0 Å². The number of hydrogen-bond acceptors (Lipinski definition) is 5. The van der Waals surface area contributed by atoms with Crippen LogP contribution in [0.3, 0.4) is 0 Å². The van der Waals surface area contributed by atoms with Crippen LogP contribution in [0.1, 0.15) is 17.5 Å². The first-order valence-electron chi connectivity index (χ1n) is 7.36. The van der Waals surface area contributed by atoms with E-state index in [4.69, 9.17) is 0 Å². The van der Waals surface area contributed by atoms with Gasteiger partial charge in [-0.25, -0.2) is 8.78 Å². The summed E-state index contributed by atoms with van der Waals surface area (Å²) in [6, 6.07) is 3.42. The van der Waals surface area contributed by atoms with Gasteiger partial charge >= 0.3 is 0 Å². The average molecular weight is 338 g/mol. The van der Waals surface area contributed by atoms with Gasteiger partial charge in [0.15, 0.2) is 0 Å². The minimum Gasteiger partial charge on any atom is -0.336 e. The second-order valence-corrected chi connectivity index (χ2v) is 6.35. The molecular formula is C15H16F2N4OS. The number of benzene rings is 1. The molecule has 0 spiro atoms. The molecule has 0 bridgehead atoms. The van der Waals surface area contributed by atoms with Gasteiger partial charge in [0.1, 0.15) is 16.6 Å². The van der Waals surface area contributed by atoms with Crippen molar-refractivity contribution in [2.24, 2.45) is 0 Å². The predicted octanol–water partition coefficient (Wildman–Crippen LogP) is 2.23. The third-order valence-corrected chi connectivity index (χ3v) is 4.85. The van der Waals surface area contributed by atoms with E-state index in [1.807, 2.05) is 11.8 Å². The number of halogens is 2. The lowest BCUT2D eigenvalue weighted by molar-refractivity contribution is -0.131. The molecule has 0 saturated carbocycles. The van der Waals surface area contributed by atoms with Gasteiger partial charge in [-0.15, -0.1) is 10.2 Å². The number of hydrogen-bond donors (Lipinski definition) is 0. The van der Waals surface area contributed by atoms with Crippen molar-refractivity contribution in [3.8, 4) is 0 Å². The van der Waals surface area contributed by atoms with Crippen LogP contribution < -0.4 is 4.90 Å². The molecule has 0 unspecified atom stereocenters. The third kappa shape index (κ3) is 3.47. The number of piperazine rings is 1. The van der Waals surface area contributed by atoms with Crippen molar-refractivity contribution in [1.82, 2.24) is 15.1 Å². The third-order valence-electron chi connectivity index (χ3n) is 3.72. The lowest BCUT2D eigenvalue weighted by Gasteiger charge is -2.34. The number of carbonyl (C=O) groups is 1. The zero-order chi connectivity index (χ0) is 16.4. The Kier molecular flexibility index (Phi) is 4.51. The lowest BCUT2D eigenvalue weighted by Crippen LogP contribution is -2.50. The Bertz CT molecular complexity index is 721. The molecule has 122 valence electrons. The molecule has 0 aliphatic carbocycles. The molecule has 8 heteroatoms. The average Bonchev–Trinajstić information content (AvgIpc) is 3.00. The molecule has 1 aliphatic rings. The molecule has 23 heavy (non-hydrogen) atoms. The fourth-order valence-corrected chi connectivity index (χ4v) is 3.21. The van der Waals surface area contributed by atoms with Crippen molar-refractivity contribution in [3.05, 3.63) is 40.4 Å². The van der Waals surface area contributed by atoms with Gasteiger partial charge in [-0.2, -0.15) is 0 Å². The fourth-order valence-electron chi connectivity index (χ4n) is 2.41. The minimum absolute atomic E-state index is 0.103. The maximum Gasteiger partial charge on any atom is 0.242 e. The SMILES string of the molecule is CCc1nnc(N2CCN(Cc3ccc(F)cc3F)C(=O)C2)s1. The number of anilines is 1. The van der Waals surface area contributed by atoms with Gasteiger partial charge in [-0.05, 0) is 12.5 Å². The molecule has 5 nitrogen and oxygen atoms in total. The summed E-state index contributed by atoms with van der Waals surface area (Å²) in [5.74, 6) is -1.35. The first-order valence-corrected chi connectivity index (χ1v) is 8.17. The van der Waals surface area contributed by atoms with Crippen LogP contribution in [0.2, 0.25) is 0 Å². The van der Waals surface area contributed by atoms with Crippen molar-refractivity contribution in [3.63, 3.8) is 0 Å². The van der Waals surface area contributed by atoms with Crippen molar-refractivity contribution < 1.29 is 13.6 Å². The number of carbonyl (C=O) groups excluding carboxylic acids is 1. The van der Waals surface area contributed by atoms with E-state index in [0.29, 0.717) is 18.7 Å². The lowest BCUT2D eigenvalue weighted by atomic mass is 10.1. The minimum atomic E-state index is -0.628. The van der Waals surface area contributed by atoms with Gasteiger partial charge in [0.25, 0.3) is 0 Å². The van der Waals surface area contributed by atoms with E-state index >= 15 is 0 Å². The Hall–Kier alpha value is -2.09. The molecule has 1 aromatic heterocycles. The van der Waals surface area contributed by atoms with Crippen molar-refractivity contribution in [2.75, 3.05) is 24.5 Å². The standard InChI is InChI=1S/C15H16F2N4OS/c1-2-13-18-19-15(23-13)21-6-5-20(14(22)9-21)8-10-3-4-11(16)7-12(10)17/h3-4,7H,2,5-6,8-9H2,1H3. The zero-order valence-electron chi connectivity index (χ0n) is 12.6. The maximum atomic E-state index is 13.7. The summed E-state index contributed by atoms with van der Waals surface area (Å²) in [7, 11) is 0. The molecule has 2 aromatic rings. The van der Waals surface area contributed by atoms with Crippen LogP contribution >= 0.6 is 11.3 Å². The summed E-state index contributed by atoms with van der Waals surface area (Å²) < 4.78 is 26.6. The van der Waals surface area contributed by atoms with Crippen molar-refractivity contribution >= 4 is 22.4 Å². The topological polar surface area (TPSA) is 49.3 Å². The molecule has 0 atom stereocenters. The second-order valence-electron chi connectivity index (χ2n) is 5.30. The van der Waals surface area contributed by atoms with Gasteiger partial charge in [0.2, 0.25) is 11.0 Å². The highest BCUT2D eigenvalue weighted by Crippen LogP contribution is 2.23. The van der Waals surface area contributed by atoms with Crippen molar-refractivity contribution in [1.29, 1.82) is 0 Å². The Labute approximate surface area is 136 Å². The normalized spacial score (nSPS) is 15.3. The van der Waals surface area contributed by atoms with Crippen LogP contribution in [0.15, 0.2) is 18.2 Å². The van der Waals surface area contributed by atoms with Crippen LogP contribution in [0, 0.1) is 11.6 Å². The zero-order valence-corrected chi connectivity index (χ0v) is 13.4. The number of nitrogens with zero attached hydrogens (tertiary/aromatic N) is 4. The first kappa shape index (κ1) is 15.8. The number of aryl methyl sites for hydroxylation is 1. The molecule has 0 N–H and O–H groups in total. The molecule has 1 aromatic carbocycles. The highest BCUT2D eigenvalue weighted by atomic mass is 32.1. The van der Waals surface area contributed by atoms with Crippen LogP contribution in [0.25, 0.3) is 0 Å². The molecule has 0 radical (unpaired) electrons. The molecule has 1 amide bonds. The monoisotopic (exact) mass is 338 g/mol. The maximum absolute atomic E-state index is 13.7.